The fourth-order valence-corrected chi connectivity index (χ4v) is 2.68. The van der Waals surface area contributed by atoms with Crippen LogP contribution in [0.4, 0.5) is 0 Å². The molecule has 2 N–H and O–H groups in total. The zero-order chi connectivity index (χ0) is 18.1. The van der Waals surface area contributed by atoms with Gasteiger partial charge < -0.3 is 19.7 Å². The molecule has 5 nitrogen and oxygen atoms in total. The van der Waals surface area contributed by atoms with Crippen LogP contribution in [0.15, 0.2) is 17.6 Å². The number of nitrogens with one attached hydrogen (secondary N) is 1. The second-order valence-corrected chi connectivity index (χ2v) is 7.32. The summed E-state index contributed by atoms with van der Waals surface area (Å²) >= 11 is 6.03. The van der Waals surface area contributed by atoms with Gasteiger partial charge in [0.1, 0.15) is 5.75 Å². The molecular weight excluding hydrogens is 328 g/mol. The van der Waals surface area contributed by atoms with Gasteiger partial charge in [-0.3, -0.25) is 4.79 Å². The zero-order valence-electron chi connectivity index (χ0n) is 14.6. The van der Waals surface area contributed by atoms with Crippen LogP contribution in [0.5, 0.6) is 5.75 Å². The van der Waals surface area contributed by atoms with Crippen molar-refractivity contribution >= 4 is 31.1 Å². The lowest BCUT2D eigenvalue weighted by molar-refractivity contribution is 0.00578. The van der Waals surface area contributed by atoms with Crippen LogP contribution in [0, 0.1) is 0 Å². The molecule has 1 aliphatic heterocycles. The number of likely N-dealkylation sites (N-methyl/N-ethyl adjacent to an activating group) is 1. The number of halogens is 1. The van der Waals surface area contributed by atoms with Crippen LogP contribution in [0.1, 0.15) is 43.6 Å². The maximum Gasteiger partial charge on any atom is 0.491 e. The molecule has 0 unspecified atom stereocenters. The molecule has 1 aromatic carbocycles. The number of carbonyl (C=O) groups excluding carboxylic acids is 1. The van der Waals surface area contributed by atoms with Crippen LogP contribution in [0.3, 0.4) is 0 Å². The van der Waals surface area contributed by atoms with Gasteiger partial charge in [-0.15, -0.1) is 0 Å². The van der Waals surface area contributed by atoms with Crippen LogP contribution >= 0.6 is 11.6 Å². The highest BCUT2D eigenvalue weighted by molar-refractivity contribution is 6.56. The van der Waals surface area contributed by atoms with Gasteiger partial charge in [0.25, 0.3) is 0 Å². The summed E-state index contributed by atoms with van der Waals surface area (Å²) in [5.41, 5.74) is 0.463. The summed E-state index contributed by atoms with van der Waals surface area (Å²) in [7, 11) is 1.26. The van der Waals surface area contributed by atoms with Gasteiger partial charge in [0.15, 0.2) is 6.29 Å². The molecule has 0 amide bonds. The second kappa shape index (κ2) is 6.88. The Morgan fingerprint density at radius 2 is 1.79 bits per heavy atom. The van der Waals surface area contributed by atoms with Gasteiger partial charge in [-0.05, 0) is 52.3 Å². The van der Waals surface area contributed by atoms with E-state index in [-0.39, 0.29) is 11.3 Å². The molecule has 1 aromatic rings. The van der Waals surface area contributed by atoms with E-state index in [4.69, 9.17) is 20.9 Å². The van der Waals surface area contributed by atoms with Crippen LogP contribution in [0.25, 0.3) is 6.08 Å². The minimum absolute atomic E-state index is 0.112. The van der Waals surface area contributed by atoms with Gasteiger partial charge in [-0.1, -0.05) is 17.7 Å². The molecule has 7 heteroatoms. The van der Waals surface area contributed by atoms with E-state index in [0.717, 1.165) is 5.47 Å². The Balaban J connectivity index is 2.44. The predicted molar refractivity (Wildman–Crippen MR) is 96.5 cm³/mol. The lowest BCUT2D eigenvalue weighted by atomic mass is 9.77. The molecule has 0 aromatic heterocycles. The lowest BCUT2D eigenvalue weighted by Crippen LogP contribution is -2.41. The number of aldehydes is 1. The van der Waals surface area contributed by atoms with Crippen molar-refractivity contribution in [3.63, 3.8) is 0 Å². The number of rotatable bonds is 5. The summed E-state index contributed by atoms with van der Waals surface area (Å²) in [5.74, 6) is -0.112. The molecule has 0 radical (unpaired) electrons. The highest BCUT2D eigenvalue weighted by Crippen LogP contribution is 2.39. The first-order valence-electron chi connectivity index (χ1n) is 7.79. The summed E-state index contributed by atoms with van der Waals surface area (Å²) < 4.78 is 12.1. The van der Waals surface area contributed by atoms with Gasteiger partial charge in [0.05, 0.1) is 16.8 Å². The fourth-order valence-electron chi connectivity index (χ4n) is 2.44. The minimum atomic E-state index is -0.555. The Labute approximate surface area is 148 Å². The molecular formula is C17H23BClNO4. The summed E-state index contributed by atoms with van der Waals surface area (Å²) in [6.07, 6.45) is 2.32. The third kappa shape index (κ3) is 3.67. The third-order valence-corrected chi connectivity index (χ3v) is 4.76. The van der Waals surface area contributed by atoms with E-state index in [2.05, 4.69) is 5.32 Å². The summed E-state index contributed by atoms with van der Waals surface area (Å²) in [5, 5.41) is 13.7. The monoisotopic (exact) mass is 351 g/mol. The first kappa shape index (κ1) is 19.0. The van der Waals surface area contributed by atoms with E-state index in [0.29, 0.717) is 23.4 Å². The van der Waals surface area contributed by atoms with Crippen LogP contribution < -0.4 is 5.32 Å². The lowest BCUT2D eigenvalue weighted by Gasteiger charge is -2.32. The molecule has 1 fully saturated rings. The first-order chi connectivity index (χ1) is 11.1. The molecule has 0 spiro atoms. The molecule has 0 bridgehead atoms. The van der Waals surface area contributed by atoms with Gasteiger partial charge in [0, 0.05) is 17.1 Å². The van der Waals surface area contributed by atoms with Crippen molar-refractivity contribution in [2.75, 3.05) is 13.6 Å². The average Bonchev–Trinajstić information content (AvgIpc) is 2.70. The molecule has 1 heterocycles. The Kier molecular flexibility index (Phi) is 5.45. The van der Waals surface area contributed by atoms with Gasteiger partial charge >= 0.3 is 7.12 Å². The summed E-state index contributed by atoms with van der Waals surface area (Å²) in [6, 6.07) is 3.03. The zero-order valence-corrected chi connectivity index (χ0v) is 15.4. The van der Waals surface area contributed by atoms with E-state index in [1.807, 2.05) is 34.7 Å². The predicted octanol–water partition coefficient (Wildman–Crippen LogP) is 3.09. The molecule has 24 heavy (non-hydrogen) atoms. The Morgan fingerprint density at radius 3 is 2.29 bits per heavy atom. The third-order valence-electron chi connectivity index (χ3n) is 4.54. The van der Waals surface area contributed by atoms with E-state index in [9.17, 15) is 9.90 Å². The van der Waals surface area contributed by atoms with Crippen LogP contribution in [-0.4, -0.2) is 43.3 Å². The smallest absolute Gasteiger partial charge is 0.491 e. The van der Waals surface area contributed by atoms with Crippen LogP contribution in [0.2, 0.25) is 5.02 Å². The van der Waals surface area contributed by atoms with Crippen molar-refractivity contribution in [2.24, 2.45) is 0 Å². The number of benzene rings is 1. The van der Waals surface area contributed by atoms with E-state index < -0.39 is 18.3 Å². The molecule has 0 saturated carbocycles. The highest BCUT2D eigenvalue weighted by atomic mass is 35.5. The molecule has 130 valence electrons. The second-order valence-electron chi connectivity index (χ2n) is 6.89. The van der Waals surface area contributed by atoms with E-state index in [1.54, 1.807) is 12.1 Å². The van der Waals surface area contributed by atoms with E-state index >= 15 is 0 Å². The number of phenols is 1. The largest absolute Gasteiger partial charge is 0.507 e. The van der Waals surface area contributed by atoms with Crippen LogP contribution in [-0.2, 0) is 9.31 Å². The Morgan fingerprint density at radius 1 is 1.25 bits per heavy atom. The SMILES string of the molecule is CNCC(=Cc1cc(Cl)cc(C=O)c1O)B1OC(C)(C)C(C)(C)O1. The van der Waals surface area contributed by atoms with Gasteiger partial charge in [0.2, 0.25) is 0 Å². The van der Waals surface area contributed by atoms with Gasteiger partial charge in [-0.25, -0.2) is 0 Å². The maximum absolute atomic E-state index is 11.1. The summed E-state index contributed by atoms with van der Waals surface area (Å²) in [4.78, 5) is 11.1. The molecule has 2 rings (SSSR count). The normalized spacial score (nSPS) is 19.6. The van der Waals surface area contributed by atoms with Crippen molar-refractivity contribution in [1.82, 2.24) is 5.32 Å². The quantitative estimate of drug-likeness (QED) is 0.630. The highest BCUT2D eigenvalue weighted by Gasteiger charge is 2.52. The standard InChI is InChI=1S/C17H23BClNO4/c1-16(2)17(3,4)24-18(23-16)13(9-20-5)6-11-7-14(19)8-12(10-21)15(11)22/h6-8,10,20,22H,9H2,1-5H3. The van der Waals surface area contributed by atoms with Crippen molar-refractivity contribution in [2.45, 2.75) is 38.9 Å². The minimum Gasteiger partial charge on any atom is -0.507 e. The van der Waals surface area contributed by atoms with Gasteiger partial charge in [-0.2, -0.15) is 0 Å². The first-order valence-corrected chi connectivity index (χ1v) is 8.17. The fraction of sp³-hybridized carbons (Fsp3) is 0.471. The Bertz CT molecular complexity index is 657. The topological polar surface area (TPSA) is 67.8 Å². The van der Waals surface area contributed by atoms with Crippen molar-refractivity contribution in [3.8, 4) is 5.75 Å². The number of hydrogen-bond donors (Lipinski definition) is 2. The average molecular weight is 352 g/mol. The van der Waals surface area contributed by atoms with Crippen molar-refractivity contribution in [1.29, 1.82) is 0 Å². The number of aromatic hydroxyl groups is 1. The molecule has 1 aliphatic rings. The van der Waals surface area contributed by atoms with Crippen molar-refractivity contribution < 1.29 is 19.2 Å². The maximum atomic E-state index is 11.1. The Hall–Kier alpha value is -1.34. The molecule has 0 atom stereocenters. The number of carbonyl (C=O) groups is 1. The summed E-state index contributed by atoms with van der Waals surface area (Å²) in [6.45, 7) is 8.41. The van der Waals surface area contributed by atoms with E-state index in [1.165, 1.54) is 6.07 Å². The van der Waals surface area contributed by atoms with Crippen molar-refractivity contribution in [3.05, 3.63) is 33.8 Å². The molecule has 0 aliphatic carbocycles. The number of phenolic OH excluding ortho intramolecular Hbond substituents is 1. The molecule has 1 saturated heterocycles. The number of hydrogen-bond acceptors (Lipinski definition) is 5.